The average Bonchev–Trinajstić information content (AvgIpc) is 2.34. The minimum atomic E-state index is 0.290. The van der Waals surface area contributed by atoms with Crippen molar-refractivity contribution >= 4 is 5.82 Å². The third-order valence-electron chi connectivity index (χ3n) is 3.61. The van der Waals surface area contributed by atoms with Gasteiger partial charge in [-0.15, -0.1) is 0 Å². The number of aromatic nitrogens is 2. The van der Waals surface area contributed by atoms with E-state index in [2.05, 4.69) is 23.8 Å². The summed E-state index contributed by atoms with van der Waals surface area (Å²) in [6, 6.07) is 0. The lowest BCUT2D eigenvalue weighted by molar-refractivity contribution is 0.122. The first-order valence-corrected chi connectivity index (χ1v) is 6.96. The van der Waals surface area contributed by atoms with E-state index in [0.717, 1.165) is 37.2 Å². The standard InChI is InChI=1S/C14H23N3O/c1-3-5-12-13(15)16-9-17-14(12)18-11-7-4-6-10(2)8-11/h9-11H,3-8H2,1-2H3,(H2,15,16,17). The molecule has 1 aromatic rings. The second kappa shape index (κ2) is 6.03. The fraction of sp³-hybridized carbons (Fsp3) is 0.714. The van der Waals surface area contributed by atoms with Gasteiger partial charge in [0.2, 0.25) is 5.88 Å². The molecule has 2 unspecified atom stereocenters. The van der Waals surface area contributed by atoms with E-state index >= 15 is 0 Å². The minimum Gasteiger partial charge on any atom is -0.474 e. The Morgan fingerprint density at radius 2 is 2.22 bits per heavy atom. The van der Waals surface area contributed by atoms with Crippen molar-refractivity contribution in [2.24, 2.45) is 5.92 Å². The van der Waals surface area contributed by atoms with Crippen molar-refractivity contribution in [2.45, 2.75) is 58.5 Å². The number of nitrogens with two attached hydrogens (primary N) is 1. The van der Waals surface area contributed by atoms with Crippen LogP contribution in [0, 0.1) is 5.92 Å². The predicted octanol–water partition coefficient (Wildman–Crippen LogP) is 2.97. The second-order valence-electron chi connectivity index (χ2n) is 5.30. The van der Waals surface area contributed by atoms with Gasteiger partial charge in [-0.2, -0.15) is 0 Å². The molecule has 100 valence electrons. The molecular formula is C14H23N3O. The maximum Gasteiger partial charge on any atom is 0.222 e. The highest BCUT2D eigenvalue weighted by Crippen LogP contribution is 2.29. The zero-order valence-electron chi connectivity index (χ0n) is 11.4. The summed E-state index contributed by atoms with van der Waals surface area (Å²) in [4.78, 5) is 8.32. The molecule has 2 rings (SSSR count). The molecule has 1 aliphatic carbocycles. The summed E-state index contributed by atoms with van der Waals surface area (Å²) >= 11 is 0. The van der Waals surface area contributed by atoms with Crippen molar-refractivity contribution in [1.29, 1.82) is 0 Å². The van der Waals surface area contributed by atoms with Crippen molar-refractivity contribution in [3.05, 3.63) is 11.9 Å². The van der Waals surface area contributed by atoms with Crippen molar-refractivity contribution in [1.82, 2.24) is 9.97 Å². The Morgan fingerprint density at radius 3 is 2.94 bits per heavy atom. The normalized spacial score (nSPS) is 23.9. The molecule has 0 amide bonds. The Labute approximate surface area is 109 Å². The van der Waals surface area contributed by atoms with E-state index < -0.39 is 0 Å². The molecular weight excluding hydrogens is 226 g/mol. The van der Waals surface area contributed by atoms with Crippen LogP contribution in [0.25, 0.3) is 0 Å². The lowest BCUT2D eigenvalue weighted by atomic mass is 9.89. The van der Waals surface area contributed by atoms with Gasteiger partial charge in [0.15, 0.2) is 0 Å². The highest BCUT2D eigenvalue weighted by atomic mass is 16.5. The van der Waals surface area contributed by atoms with Gasteiger partial charge in [0.05, 0.1) is 5.56 Å². The Kier molecular flexibility index (Phi) is 4.39. The molecule has 1 heterocycles. The smallest absolute Gasteiger partial charge is 0.222 e. The number of hydrogen-bond acceptors (Lipinski definition) is 4. The number of anilines is 1. The predicted molar refractivity (Wildman–Crippen MR) is 72.5 cm³/mol. The molecule has 4 nitrogen and oxygen atoms in total. The summed E-state index contributed by atoms with van der Waals surface area (Å²) in [6.07, 6.45) is 8.49. The molecule has 0 aliphatic heterocycles. The van der Waals surface area contributed by atoms with Crippen LogP contribution >= 0.6 is 0 Å². The largest absolute Gasteiger partial charge is 0.474 e. The first kappa shape index (κ1) is 13.1. The molecule has 0 radical (unpaired) electrons. The summed E-state index contributed by atoms with van der Waals surface area (Å²) in [5.74, 6) is 2.01. The Morgan fingerprint density at radius 1 is 1.39 bits per heavy atom. The van der Waals surface area contributed by atoms with Crippen LogP contribution in [-0.2, 0) is 6.42 Å². The first-order chi connectivity index (χ1) is 8.70. The Bertz CT molecular complexity index is 395. The van der Waals surface area contributed by atoms with Gasteiger partial charge in [0.1, 0.15) is 18.2 Å². The Hall–Kier alpha value is -1.32. The highest BCUT2D eigenvalue weighted by molar-refractivity contribution is 5.44. The van der Waals surface area contributed by atoms with Crippen LogP contribution in [0.1, 0.15) is 51.5 Å². The average molecular weight is 249 g/mol. The van der Waals surface area contributed by atoms with Gasteiger partial charge in [-0.05, 0) is 31.6 Å². The lowest BCUT2D eigenvalue weighted by Crippen LogP contribution is -2.25. The van der Waals surface area contributed by atoms with Crippen molar-refractivity contribution in [3.8, 4) is 5.88 Å². The van der Waals surface area contributed by atoms with Crippen molar-refractivity contribution in [2.75, 3.05) is 5.73 Å². The number of hydrogen-bond donors (Lipinski definition) is 1. The maximum atomic E-state index is 6.06. The zero-order chi connectivity index (χ0) is 13.0. The summed E-state index contributed by atoms with van der Waals surface area (Å²) < 4.78 is 6.06. The third-order valence-corrected chi connectivity index (χ3v) is 3.61. The summed E-state index contributed by atoms with van der Waals surface area (Å²) in [7, 11) is 0. The molecule has 18 heavy (non-hydrogen) atoms. The number of rotatable bonds is 4. The molecule has 0 spiro atoms. The van der Waals surface area contributed by atoms with Crippen LogP contribution in [0.15, 0.2) is 6.33 Å². The summed E-state index contributed by atoms with van der Waals surface area (Å²) in [5.41, 5.74) is 6.88. The van der Waals surface area contributed by atoms with Gasteiger partial charge in [-0.25, -0.2) is 9.97 Å². The minimum absolute atomic E-state index is 0.290. The lowest BCUT2D eigenvalue weighted by Gasteiger charge is -2.27. The number of ether oxygens (including phenoxy) is 1. The van der Waals surface area contributed by atoms with E-state index in [0.29, 0.717) is 17.8 Å². The van der Waals surface area contributed by atoms with E-state index in [9.17, 15) is 0 Å². The van der Waals surface area contributed by atoms with Crippen LogP contribution in [0.5, 0.6) is 5.88 Å². The molecule has 1 fully saturated rings. The first-order valence-electron chi connectivity index (χ1n) is 6.96. The van der Waals surface area contributed by atoms with E-state index in [1.807, 2.05) is 0 Å². The molecule has 1 saturated carbocycles. The quantitative estimate of drug-likeness (QED) is 0.891. The zero-order valence-corrected chi connectivity index (χ0v) is 11.4. The van der Waals surface area contributed by atoms with Gasteiger partial charge in [-0.3, -0.25) is 0 Å². The fourth-order valence-electron chi connectivity index (χ4n) is 2.64. The van der Waals surface area contributed by atoms with Gasteiger partial charge < -0.3 is 10.5 Å². The SMILES string of the molecule is CCCc1c(N)ncnc1OC1CCCC(C)C1. The molecule has 4 heteroatoms. The van der Waals surface area contributed by atoms with Gasteiger partial charge >= 0.3 is 0 Å². The third kappa shape index (κ3) is 3.12. The van der Waals surface area contributed by atoms with Crippen molar-refractivity contribution < 1.29 is 4.74 Å². The maximum absolute atomic E-state index is 6.06. The molecule has 0 bridgehead atoms. The molecule has 2 atom stereocenters. The van der Waals surface area contributed by atoms with Gasteiger partial charge in [-0.1, -0.05) is 26.7 Å². The van der Waals surface area contributed by atoms with Crippen molar-refractivity contribution in [3.63, 3.8) is 0 Å². The topological polar surface area (TPSA) is 61.0 Å². The van der Waals surface area contributed by atoms with Gasteiger partial charge in [0, 0.05) is 0 Å². The van der Waals surface area contributed by atoms with E-state index in [4.69, 9.17) is 10.5 Å². The van der Waals surface area contributed by atoms with Crippen LogP contribution in [0.3, 0.4) is 0 Å². The van der Waals surface area contributed by atoms with Crippen LogP contribution in [0.2, 0.25) is 0 Å². The van der Waals surface area contributed by atoms with E-state index in [-0.39, 0.29) is 0 Å². The fourth-order valence-corrected chi connectivity index (χ4v) is 2.64. The molecule has 0 aromatic carbocycles. The molecule has 0 saturated heterocycles. The highest BCUT2D eigenvalue weighted by Gasteiger charge is 2.22. The Balaban J connectivity index is 2.10. The van der Waals surface area contributed by atoms with E-state index in [1.165, 1.54) is 19.2 Å². The monoisotopic (exact) mass is 249 g/mol. The van der Waals surface area contributed by atoms with Crippen LogP contribution in [-0.4, -0.2) is 16.1 Å². The number of nitrogen functional groups attached to an aromatic ring is 1. The van der Waals surface area contributed by atoms with Crippen LogP contribution in [0.4, 0.5) is 5.82 Å². The van der Waals surface area contributed by atoms with E-state index in [1.54, 1.807) is 0 Å². The molecule has 2 N–H and O–H groups in total. The summed E-state index contributed by atoms with van der Waals surface area (Å²) in [6.45, 7) is 4.41. The molecule has 1 aliphatic rings. The second-order valence-corrected chi connectivity index (χ2v) is 5.30. The summed E-state index contributed by atoms with van der Waals surface area (Å²) in [5, 5.41) is 0. The number of nitrogens with zero attached hydrogens (tertiary/aromatic N) is 2. The van der Waals surface area contributed by atoms with Gasteiger partial charge in [0.25, 0.3) is 0 Å². The molecule has 1 aromatic heterocycles. The van der Waals surface area contributed by atoms with Crippen LogP contribution < -0.4 is 10.5 Å².